The summed E-state index contributed by atoms with van der Waals surface area (Å²) in [5.41, 5.74) is 6.45. The van der Waals surface area contributed by atoms with Crippen LogP contribution in [0.25, 0.3) is 11.3 Å². The first-order chi connectivity index (χ1) is 12.7. The fourth-order valence-electron chi connectivity index (χ4n) is 2.38. The standard InChI is InChI=1S/C20H20N4O2/c1-3-26-17-6-4-5-16(11-17)18-12-19(23-22-18)20(25)24-21-13-15-9-7-14(2)8-10-15/h4-13H,3H2,1-2H3,(H,22,23)(H,24,25)/b21-13-. The van der Waals surface area contributed by atoms with Gasteiger partial charge in [0.1, 0.15) is 11.4 Å². The van der Waals surface area contributed by atoms with Gasteiger partial charge < -0.3 is 4.74 Å². The Labute approximate surface area is 151 Å². The molecule has 6 heteroatoms. The molecule has 0 aliphatic rings. The summed E-state index contributed by atoms with van der Waals surface area (Å²) in [6.07, 6.45) is 1.60. The van der Waals surface area contributed by atoms with E-state index < -0.39 is 0 Å². The third kappa shape index (κ3) is 4.36. The van der Waals surface area contributed by atoms with Gasteiger partial charge in [0, 0.05) is 5.56 Å². The number of hydrazone groups is 1. The highest BCUT2D eigenvalue weighted by molar-refractivity contribution is 5.94. The van der Waals surface area contributed by atoms with E-state index in [2.05, 4.69) is 20.7 Å². The molecule has 1 amide bonds. The van der Waals surface area contributed by atoms with Crippen LogP contribution in [0.5, 0.6) is 5.75 Å². The van der Waals surface area contributed by atoms with E-state index in [0.29, 0.717) is 18.0 Å². The van der Waals surface area contributed by atoms with Crippen LogP contribution in [-0.4, -0.2) is 28.9 Å². The molecule has 0 saturated heterocycles. The molecular weight excluding hydrogens is 328 g/mol. The Bertz CT molecular complexity index is 914. The molecule has 26 heavy (non-hydrogen) atoms. The molecule has 0 aliphatic carbocycles. The molecule has 132 valence electrons. The lowest BCUT2D eigenvalue weighted by Crippen LogP contribution is -2.17. The number of ether oxygens (including phenoxy) is 1. The lowest BCUT2D eigenvalue weighted by atomic mass is 10.1. The maximum absolute atomic E-state index is 12.2. The third-order valence-corrected chi connectivity index (χ3v) is 3.72. The van der Waals surface area contributed by atoms with Gasteiger partial charge in [-0.15, -0.1) is 0 Å². The molecule has 0 spiro atoms. The predicted molar refractivity (Wildman–Crippen MR) is 101 cm³/mol. The SMILES string of the molecule is CCOc1cccc(-c2cc(C(=O)N/N=C\c3ccc(C)cc3)[nH]n2)c1. The van der Waals surface area contributed by atoms with E-state index in [9.17, 15) is 4.79 Å². The summed E-state index contributed by atoms with van der Waals surface area (Å²) in [4.78, 5) is 12.2. The fraction of sp³-hybridized carbons (Fsp3) is 0.150. The minimum Gasteiger partial charge on any atom is -0.494 e. The summed E-state index contributed by atoms with van der Waals surface area (Å²) in [6.45, 7) is 4.54. The van der Waals surface area contributed by atoms with Gasteiger partial charge in [-0.2, -0.15) is 10.2 Å². The van der Waals surface area contributed by atoms with Gasteiger partial charge in [0.2, 0.25) is 0 Å². The highest BCUT2D eigenvalue weighted by atomic mass is 16.5. The molecule has 1 aromatic heterocycles. The second kappa shape index (κ2) is 8.11. The van der Waals surface area contributed by atoms with Crippen molar-refractivity contribution in [2.24, 2.45) is 5.10 Å². The Morgan fingerprint density at radius 1 is 1.23 bits per heavy atom. The van der Waals surface area contributed by atoms with E-state index in [1.165, 1.54) is 5.56 Å². The van der Waals surface area contributed by atoms with Crippen molar-refractivity contribution in [1.82, 2.24) is 15.6 Å². The number of aromatic amines is 1. The molecule has 0 atom stereocenters. The Morgan fingerprint density at radius 2 is 2.04 bits per heavy atom. The zero-order valence-electron chi connectivity index (χ0n) is 14.7. The Hall–Kier alpha value is -3.41. The number of amides is 1. The number of aromatic nitrogens is 2. The molecule has 0 unspecified atom stereocenters. The monoisotopic (exact) mass is 348 g/mol. The van der Waals surface area contributed by atoms with E-state index in [-0.39, 0.29) is 5.91 Å². The number of carbonyl (C=O) groups excluding carboxylic acids is 1. The number of hydrogen-bond acceptors (Lipinski definition) is 4. The van der Waals surface area contributed by atoms with Gasteiger partial charge in [0.05, 0.1) is 18.5 Å². The second-order valence-corrected chi connectivity index (χ2v) is 5.74. The summed E-state index contributed by atoms with van der Waals surface area (Å²) >= 11 is 0. The van der Waals surface area contributed by atoms with Gasteiger partial charge in [-0.05, 0) is 37.6 Å². The van der Waals surface area contributed by atoms with E-state index in [0.717, 1.165) is 16.9 Å². The maximum Gasteiger partial charge on any atom is 0.289 e. The minimum absolute atomic E-state index is 0.336. The third-order valence-electron chi connectivity index (χ3n) is 3.72. The number of H-pyrrole nitrogens is 1. The van der Waals surface area contributed by atoms with Crippen LogP contribution in [0.3, 0.4) is 0 Å². The Balaban J connectivity index is 1.66. The van der Waals surface area contributed by atoms with Gasteiger partial charge in [0.15, 0.2) is 0 Å². The van der Waals surface area contributed by atoms with Crippen LogP contribution in [0, 0.1) is 6.92 Å². The van der Waals surface area contributed by atoms with Gasteiger partial charge in [0.25, 0.3) is 5.91 Å². The first kappa shape index (κ1) is 17.4. The number of hydrogen-bond donors (Lipinski definition) is 2. The second-order valence-electron chi connectivity index (χ2n) is 5.74. The quantitative estimate of drug-likeness (QED) is 0.528. The molecule has 3 rings (SSSR count). The summed E-state index contributed by atoms with van der Waals surface area (Å²) in [6, 6.07) is 17.1. The van der Waals surface area contributed by atoms with Gasteiger partial charge in [-0.25, -0.2) is 5.43 Å². The lowest BCUT2D eigenvalue weighted by molar-refractivity contribution is 0.0950. The first-order valence-corrected chi connectivity index (χ1v) is 8.34. The van der Waals surface area contributed by atoms with Gasteiger partial charge in [-0.3, -0.25) is 9.89 Å². The van der Waals surface area contributed by atoms with Crippen molar-refractivity contribution in [3.05, 3.63) is 71.4 Å². The molecule has 6 nitrogen and oxygen atoms in total. The van der Waals surface area contributed by atoms with E-state index in [4.69, 9.17) is 4.74 Å². The van der Waals surface area contributed by atoms with Crippen molar-refractivity contribution in [2.75, 3.05) is 6.61 Å². The Morgan fingerprint density at radius 3 is 2.81 bits per heavy atom. The van der Waals surface area contributed by atoms with Crippen molar-refractivity contribution in [3.8, 4) is 17.0 Å². The number of aryl methyl sites for hydroxylation is 1. The van der Waals surface area contributed by atoms with Gasteiger partial charge in [-0.1, -0.05) is 42.0 Å². The molecule has 3 aromatic rings. The van der Waals surface area contributed by atoms with Crippen LogP contribution >= 0.6 is 0 Å². The Kier molecular flexibility index (Phi) is 5.43. The molecule has 2 aromatic carbocycles. The average Bonchev–Trinajstić information content (AvgIpc) is 3.14. The van der Waals surface area contributed by atoms with Gasteiger partial charge >= 0.3 is 0 Å². The van der Waals surface area contributed by atoms with Crippen molar-refractivity contribution in [3.63, 3.8) is 0 Å². The van der Waals surface area contributed by atoms with Crippen molar-refractivity contribution < 1.29 is 9.53 Å². The highest BCUT2D eigenvalue weighted by Crippen LogP contribution is 2.22. The predicted octanol–water partition coefficient (Wildman–Crippen LogP) is 3.55. The summed E-state index contributed by atoms with van der Waals surface area (Å²) in [5.74, 6) is 0.412. The smallest absolute Gasteiger partial charge is 0.289 e. The molecular formula is C20H20N4O2. The zero-order valence-corrected chi connectivity index (χ0v) is 14.7. The van der Waals surface area contributed by atoms with Crippen molar-refractivity contribution >= 4 is 12.1 Å². The number of carbonyl (C=O) groups is 1. The topological polar surface area (TPSA) is 79.4 Å². The van der Waals surface area contributed by atoms with E-state index in [1.807, 2.05) is 62.4 Å². The lowest BCUT2D eigenvalue weighted by Gasteiger charge is -2.03. The van der Waals surface area contributed by atoms with Crippen LogP contribution < -0.4 is 10.2 Å². The van der Waals surface area contributed by atoms with Crippen LogP contribution in [0.4, 0.5) is 0 Å². The highest BCUT2D eigenvalue weighted by Gasteiger charge is 2.11. The molecule has 0 aliphatic heterocycles. The van der Waals surface area contributed by atoms with Crippen LogP contribution in [0.1, 0.15) is 28.5 Å². The average molecular weight is 348 g/mol. The van der Waals surface area contributed by atoms with Crippen LogP contribution in [0.15, 0.2) is 59.7 Å². The number of nitrogens with one attached hydrogen (secondary N) is 2. The number of rotatable bonds is 6. The molecule has 0 fully saturated rings. The normalized spacial score (nSPS) is 10.8. The van der Waals surface area contributed by atoms with Crippen molar-refractivity contribution in [1.29, 1.82) is 0 Å². The summed E-state index contributed by atoms with van der Waals surface area (Å²) in [5, 5.41) is 10.9. The number of nitrogens with zero attached hydrogens (tertiary/aromatic N) is 2. The molecule has 0 saturated carbocycles. The van der Waals surface area contributed by atoms with Crippen LogP contribution in [-0.2, 0) is 0 Å². The van der Waals surface area contributed by atoms with Crippen LogP contribution in [0.2, 0.25) is 0 Å². The first-order valence-electron chi connectivity index (χ1n) is 8.34. The maximum atomic E-state index is 12.2. The summed E-state index contributed by atoms with van der Waals surface area (Å²) < 4.78 is 5.49. The van der Waals surface area contributed by atoms with E-state index >= 15 is 0 Å². The largest absolute Gasteiger partial charge is 0.494 e. The van der Waals surface area contributed by atoms with E-state index in [1.54, 1.807) is 12.3 Å². The molecule has 2 N–H and O–H groups in total. The minimum atomic E-state index is -0.354. The fourth-order valence-corrected chi connectivity index (χ4v) is 2.38. The molecule has 0 radical (unpaired) electrons. The zero-order chi connectivity index (χ0) is 18.4. The molecule has 0 bridgehead atoms. The molecule has 1 heterocycles. The summed E-state index contributed by atoms with van der Waals surface area (Å²) in [7, 11) is 0. The van der Waals surface area contributed by atoms with Crippen molar-refractivity contribution in [2.45, 2.75) is 13.8 Å². The number of benzene rings is 2.